The van der Waals surface area contributed by atoms with Crippen LogP contribution in [0.2, 0.25) is 0 Å². The lowest BCUT2D eigenvalue weighted by molar-refractivity contribution is -0.142. The highest BCUT2D eigenvalue weighted by molar-refractivity contribution is 5.73. The zero-order valence-corrected chi connectivity index (χ0v) is 8.75. The molecule has 76 valence electrons. The first-order valence-corrected chi connectivity index (χ1v) is 5.05. The smallest absolute Gasteiger partial charge is 0.307 e. The highest BCUT2D eigenvalue weighted by atomic mass is 16.6. The predicted octanol–water partition coefficient (Wildman–Crippen LogP) is 2.46. The van der Waals surface area contributed by atoms with E-state index in [0.29, 0.717) is 12.3 Å². The molecular formula is C12H16O2. The van der Waals surface area contributed by atoms with E-state index in [2.05, 4.69) is 25.7 Å². The number of hydrogen-bond acceptors (Lipinski definition) is 2. The quantitative estimate of drug-likeness (QED) is 0.471. The van der Waals surface area contributed by atoms with Crippen LogP contribution in [0.3, 0.4) is 0 Å². The Bertz CT molecular complexity index is 316. The zero-order chi connectivity index (χ0) is 10.3. The van der Waals surface area contributed by atoms with Gasteiger partial charge in [-0.15, -0.1) is 0 Å². The fourth-order valence-electron chi connectivity index (χ4n) is 2.25. The molecule has 2 nitrogen and oxygen atoms in total. The fourth-order valence-corrected chi connectivity index (χ4v) is 2.25. The second-order valence-electron chi connectivity index (χ2n) is 4.71. The van der Waals surface area contributed by atoms with Gasteiger partial charge in [0.05, 0.1) is 6.42 Å². The van der Waals surface area contributed by atoms with Crippen molar-refractivity contribution < 1.29 is 9.53 Å². The summed E-state index contributed by atoms with van der Waals surface area (Å²) in [5.41, 5.74) is 1.08. The van der Waals surface area contributed by atoms with Crippen molar-refractivity contribution in [1.29, 1.82) is 0 Å². The number of rotatable bonds is 1. The van der Waals surface area contributed by atoms with E-state index in [1.54, 1.807) is 0 Å². The molecule has 1 fully saturated rings. The minimum atomic E-state index is -0.0664. The normalized spacial score (nSPS) is 40.6. The summed E-state index contributed by atoms with van der Waals surface area (Å²) in [6.45, 7) is 8.06. The molecule has 2 rings (SSSR count). The second-order valence-corrected chi connectivity index (χ2v) is 4.71. The zero-order valence-electron chi connectivity index (χ0n) is 8.75. The molecule has 0 amide bonds. The van der Waals surface area contributed by atoms with Gasteiger partial charge >= 0.3 is 5.97 Å². The van der Waals surface area contributed by atoms with Crippen LogP contribution in [0.4, 0.5) is 0 Å². The third-order valence-electron chi connectivity index (χ3n) is 3.34. The van der Waals surface area contributed by atoms with E-state index in [9.17, 15) is 4.79 Å². The second kappa shape index (κ2) is 2.97. The van der Waals surface area contributed by atoms with Gasteiger partial charge in [-0.2, -0.15) is 0 Å². The summed E-state index contributed by atoms with van der Waals surface area (Å²) in [6, 6.07) is 0. The molecule has 0 aromatic heterocycles. The van der Waals surface area contributed by atoms with Gasteiger partial charge in [-0.25, -0.2) is 0 Å². The first-order valence-electron chi connectivity index (χ1n) is 5.05. The van der Waals surface area contributed by atoms with Crippen molar-refractivity contribution >= 4 is 5.97 Å². The number of esters is 1. The van der Waals surface area contributed by atoms with Gasteiger partial charge in [-0.05, 0) is 13.3 Å². The summed E-state index contributed by atoms with van der Waals surface area (Å²) in [4.78, 5) is 11.2. The summed E-state index contributed by atoms with van der Waals surface area (Å²) in [5, 5.41) is 0. The standard InChI is InChI=1S/C12H16O2/c1-8(2)9-4-5-12(3)7-11(13)14-10(12)6-9/h4-5,9-10H,1,6-7H2,2-3H3/t9-,10-,12-/m0/s1. The summed E-state index contributed by atoms with van der Waals surface area (Å²) in [6.07, 6.45) is 5.78. The van der Waals surface area contributed by atoms with E-state index in [1.165, 1.54) is 0 Å². The predicted molar refractivity (Wildman–Crippen MR) is 54.7 cm³/mol. The van der Waals surface area contributed by atoms with Crippen molar-refractivity contribution in [3.63, 3.8) is 0 Å². The number of carbonyl (C=O) groups is 1. The van der Waals surface area contributed by atoms with Gasteiger partial charge in [0.15, 0.2) is 0 Å². The molecule has 0 bridgehead atoms. The van der Waals surface area contributed by atoms with Gasteiger partial charge in [0.25, 0.3) is 0 Å². The average Bonchev–Trinajstić information content (AvgIpc) is 2.37. The highest BCUT2D eigenvalue weighted by Gasteiger charge is 2.46. The van der Waals surface area contributed by atoms with Crippen molar-refractivity contribution in [2.45, 2.75) is 32.8 Å². The van der Waals surface area contributed by atoms with Gasteiger partial charge in [-0.3, -0.25) is 4.79 Å². The molecule has 1 saturated heterocycles. The van der Waals surface area contributed by atoms with Crippen LogP contribution in [0.1, 0.15) is 26.7 Å². The molecule has 0 unspecified atom stereocenters. The molecule has 14 heavy (non-hydrogen) atoms. The maximum atomic E-state index is 11.2. The van der Waals surface area contributed by atoms with Gasteiger partial charge in [0, 0.05) is 11.3 Å². The van der Waals surface area contributed by atoms with Crippen LogP contribution < -0.4 is 0 Å². The third-order valence-corrected chi connectivity index (χ3v) is 3.34. The molecule has 1 heterocycles. The van der Waals surface area contributed by atoms with E-state index in [1.807, 2.05) is 6.92 Å². The van der Waals surface area contributed by atoms with Crippen LogP contribution in [-0.4, -0.2) is 12.1 Å². The van der Waals surface area contributed by atoms with Crippen molar-refractivity contribution in [1.82, 2.24) is 0 Å². The third kappa shape index (κ3) is 1.39. The van der Waals surface area contributed by atoms with E-state index < -0.39 is 0 Å². The van der Waals surface area contributed by atoms with Crippen LogP contribution in [0, 0.1) is 11.3 Å². The molecule has 2 aliphatic rings. The largest absolute Gasteiger partial charge is 0.461 e. The Hall–Kier alpha value is -1.05. The first kappa shape index (κ1) is 9.50. The van der Waals surface area contributed by atoms with Gasteiger partial charge in [-0.1, -0.05) is 31.2 Å². The summed E-state index contributed by atoms with van der Waals surface area (Å²) in [7, 11) is 0. The van der Waals surface area contributed by atoms with E-state index in [0.717, 1.165) is 12.0 Å². The topological polar surface area (TPSA) is 26.3 Å². The maximum Gasteiger partial charge on any atom is 0.307 e. The Morgan fingerprint density at radius 2 is 2.43 bits per heavy atom. The molecule has 0 aromatic rings. The molecule has 1 aliphatic carbocycles. The minimum Gasteiger partial charge on any atom is -0.461 e. The summed E-state index contributed by atoms with van der Waals surface area (Å²) < 4.78 is 5.32. The van der Waals surface area contributed by atoms with Crippen molar-refractivity contribution in [2.24, 2.45) is 11.3 Å². The summed E-state index contributed by atoms with van der Waals surface area (Å²) >= 11 is 0. The lowest BCUT2D eigenvalue weighted by Crippen LogP contribution is -2.31. The van der Waals surface area contributed by atoms with E-state index in [4.69, 9.17) is 4.74 Å². The monoisotopic (exact) mass is 192 g/mol. The summed E-state index contributed by atoms with van der Waals surface area (Å²) in [5.74, 6) is 0.309. The number of carbonyl (C=O) groups excluding carboxylic acids is 1. The number of allylic oxidation sites excluding steroid dienone is 2. The Kier molecular flexibility index (Phi) is 2.02. The van der Waals surface area contributed by atoms with Crippen LogP contribution in [0.15, 0.2) is 24.3 Å². The lowest BCUT2D eigenvalue weighted by Gasteiger charge is -2.32. The Morgan fingerprint density at radius 1 is 1.71 bits per heavy atom. The number of fused-ring (bicyclic) bond motifs is 1. The molecule has 0 radical (unpaired) electrons. The SMILES string of the molecule is C=C(C)[C@H]1C=C[C@@]2(C)CC(=O)O[C@H]2C1. The van der Waals surface area contributed by atoms with Crippen LogP contribution in [0.5, 0.6) is 0 Å². The van der Waals surface area contributed by atoms with Crippen molar-refractivity contribution in [3.8, 4) is 0 Å². The van der Waals surface area contributed by atoms with Crippen LogP contribution in [0.25, 0.3) is 0 Å². The average molecular weight is 192 g/mol. The first-order chi connectivity index (χ1) is 6.51. The number of hydrogen-bond donors (Lipinski definition) is 0. The minimum absolute atomic E-state index is 0.0571. The van der Waals surface area contributed by atoms with E-state index in [-0.39, 0.29) is 17.5 Å². The Labute approximate surface area is 84.6 Å². The Balaban J connectivity index is 2.23. The van der Waals surface area contributed by atoms with Gasteiger partial charge < -0.3 is 4.74 Å². The molecule has 0 N–H and O–H groups in total. The number of ether oxygens (including phenoxy) is 1. The molecule has 0 aromatic carbocycles. The van der Waals surface area contributed by atoms with Crippen LogP contribution in [-0.2, 0) is 9.53 Å². The Morgan fingerprint density at radius 3 is 3.07 bits per heavy atom. The lowest BCUT2D eigenvalue weighted by atomic mass is 9.73. The molecule has 2 heteroatoms. The van der Waals surface area contributed by atoms with Crippen molar-refractivity contribution in [3.05, 3.63) is 24.3 Å². The fraction of sp³-hybridized carbons (Fsp3) is 0.583. The van der Waals surface area contributed by atoms with Crippen LogP contribution >= 0.6 is 0 Å². The molecule has 1 aliphatic heterocycles. The molecule has 0 spiro atoms. The molecular weight excluding hydrogens is 176 g/mol. The van der Waals surface area contributed by atoms with E-state index >= 15 is 0 Å². The van der Waals surface area contributed by atoms with Gasteiger partial charge in [0.2, 0.25) is 0 Å². The highest BCUT2D eigenvalue weighted by Crippen LogP contribution is 2.44. The van der Waals surface area contributed by atoms with Gasteiger partial charge in [0.1, 0.15) is 6.10 Å². The molecule has 0 saturated carbocycles. The maximum absolute atomic E-state index is 11.2. The van der Waals surface area contributed by atoms with Crippen molar-refractivity contribution in [2.75, 3.05) is 0 Å². The molecule has 3 atom stereocenters.